The van der Waals surface area contributed by atoms with Gasteiger partial charge in [0.05, 0.1) is 30.2 Å². The number of hydrogen-bond donors (Lipinski definition) is 2. The first-order valence-electron chi connectivity index (χ1n) is 5.55. The molecule has 0 unspecified atom stereocenters. The molecule has 19 heavy (non-hydrogen) atoms. The van der Waals surface area contributed by atoms with Crippen molar-refractivity contribution in [2.45, 2.75) is 13.3 Å². The number of nitrogen functional groups attached to an aromatic ring is 1. The van der Waals surface area contributed by atoms with Crippen LogP contribution in [-0.2, 0) is 19.6 Å². The molecule has 6 nitrogen and oxygen atoms in total. The topological polar surface area (TPSA) is 98.5 Å². The molecule has 0 saturated carbocycles. The van der Waals surface area contributed by atoms with Crippen LogP contribution in [0, 0.1) is 5.82 Å². The second-order valence-corrected chi connectivity index (χ2v) is 5.55. The van der Waals surface area contributed by atoms with Crippen LogP contribution in [0.3, 0.4) is 0 Å². The van der Waals surface area contributed by atoms with Gasteiger partial charge in [0.25, 0.3) is 0 Å². The number of halogens is 1. The fourth-order valence-electron chi connectivity index (χ4n) is 1.27. The molecule has 0 aromatic heterocycles. The van der Waals surface area contributed by atoms with Gasteiger partial charge in [-0.25, -0.2) is 12.8 Å². The summed E-state index contributed by atoms with van der Waals surface area (Å²) in [5, 5.41) is 0. The molecular weight excluding hydrogens is 275 g/mol. The van der Waals surface area contributed by atoms with Crippen LogP contribution >= 0.6 is 0 Å². The van der Waals surface area contributed by atoms with Crippen molar-refractivity contribution in [3.05, 3.63) is 24.0 Å². The molecular formula is C11H15FN2O4S. The van der Waals surface area contributed by atoms with Gasteiger partial charge in [-0.1, -0.05) is 0 Å². The van der Waals surface area contributed by atoms with E-state index in [1.54, 1.807) is 6.92 Å². The first-order chi connectivity index (χ1) is 8.84. The molecule has 0 fully saturated rings. The molecule has 0 aliphatic heterocycles. The minimum Gasteiger partial charge on any atom is -0.466 e. The highest BCUT2D eigenvalue weighted by molar-refractivity contribution is 7.92. The summed E-state index contributed by atoms with van der Waals surface area (Å²) in [5.41, 5.74) is 5.25. The van der Waals surface area contributed by atoms with Crippen molar-refractivity contribution in [2.75, 3.05) is 22.8 Å². The Morgan fingerprint density at radius 1 is 1.47 bits per heavy atom. The van der Waals surface area contributed by atoms with Crippen LogP contribution in [-0.4, -0.2) is 26.7 Å². The fraction of sp³-hybridized carbons (Fsp3) is 0.364. The summed E-state index contributed by atoms with van der Waals surface area (Å²) in [5.74, 6) is -1.75. The molecule has 0 atom stereocenters. The number of ether oxygens (including phenoxy) is 1. The normalized spacial score (nSPS) is 11.1. The van der Waals surface area contributed by atoms with E-state index in [2.05, 4.69) is 9.46 Å². The molecule has 1 rings (SSSR count). The highest BCUT2D eigenvalue weighted by atomic mass is 32.2. The van der Waals surface area contributed by atoms with Gasteiger partial charge in [0.1, 0.15) is 5.82 Å². The van der Waals surface area contributed by atoms with Crippen molar-refractivity contribution in [3.8, 4) is 0 Å². The zero-order valence-electron chi connectivity index (χ0n) is 10.3. The molecule has 0 heterocycles. The third kappa shape index (κ3) is 5.12. The minimum absolute atomic E-state index is 0.0514. The van der Waals surface area contributed by atoms with E-state index in [1.165, 1.54) is 12.1 Å². The largest absolute Gasteiger partial charge is 0.466 e. The summed E-state index contributed by atoms with van der Waals surface area (Å²) in [7, 11) is -3.74. The van der Waals surface area contributed by atoms with Crippen molar-refractivity contribution in [2.24, 2.45) is 0 Å². The van der Waals surface area contributed by atoms with Gasteiger partial charge in [0.2, 0.25) is 10.0 Å². The van der Waals surface area contributed by atoms with E-state index in [0.717, 1.165) is 6.07 Å². The smallest absolute Gasteiger partial charge is 0.306 e. The minimum atomic E-state index is -3.74. The maximum absolute atomic E-state index is 13.1. The lowest BCUT2D eigenvalue weighted by Crippen LogP contribution is -2.20. The predicted molar refractivity (Wildman–Crippen MR) is 69.5 cm³/mol. The Bertz CT molecular complexity index is 560. The van der Waals surface area contributed by atoms with E-state index in [-0.39, 0.29) is 24.4 Å². The van der Waals surface area contributed by atoms with Gasteiger partial charge < -0.3 is 10.5 Å². The Morgan fingerprint density at radius 3 is 2.74 bits per heavy atom. The molecule has 3 N–H and O–H groups in total. The average molecular weight is 290 g/mol. The van der Waals surface area contributed by atoms with E-state index in [0.29, 0.717) is 0 Å². The number of nitrogens with two attached hydrogens (primary N) is 1. The van der Waals surface area contributed by atoms with Gasteiger partial charge in [-0.2, -0.15) is 0 Å². The second kappa shape index (κ2) is 6.37. The lowest BCUT2D eigenvalue weighted by molar-refractivity contribution is -0.142. The zero-order valence-corrected chi connectivity index (χ0v) is 11.2. The highest BCUT2D eigenvalue weighted by Crippen LogP contribution is 2.17. The summed E-state index contributed by atoms with van der Waals surface area (Å²) < 4.78 is 43.2. The number of carbonyl (C=O) groups is 1. The monoisotopic (exact) mass is 290 g/mol. The van der Waals surface area contributed by atoms with Crippen LogP contribution in [0.2, 0.25) is 0 Å². The molecule has 1 aromatic rings. The first-order valence-corrected chi connectivity index (χ1v) is 7.20. The Labute approximate surface area is 110 Å². The summed E-state index contributed by atoms with van der Waals surface area (Å²) in [6.07, 6.45) is -0.263. The van der Waals surface area contributed by atoms with Gasteiger partial charge in [-0.3, -0.25) is 9.52 Å². The van der Waals surface area contributed by atoms with Crippen LogP contribution in [0.1, 0.15) is 13.3 Å². The van der Waals surface area contributed by atoms with Crippen molar-refractivity contribution in [1.29, 1.82) is 0 Å². The lowest BCUT2D eigenvalue weighted by atomic mass is 10.3. The number of benzene rings is 1. The standard InChI is InChI=1S/C11H15FN2O4S/c1-2-18-11(15)5-6-19(16,17)14-8-3-4-10(13)9(12)7-8/h3-4,7,14H,2,5-6,13H2,1H3. The Kier molecular flexibility index (Phi) is 5.11. The summed E-state index contributed by atoms with van der Waals surface area (Å²) in [6, 6.07) is 3.55. The van der Waals surface area contributed by atoms with Crippen LogP contribution in [0.4, 0.5) is 15.8 Å². The molecule has 8 heteroatoms. The number of nitrogens with one attached hydrogen (secondary N) is 1. The summed E-state index contributed by atoms with van der Waals surface area (Å²) in [4.78, 5) is 11.0. The fourth-order valence-corrected chi connectivity index (χ4v) is 2.30. The van der Waals surface area contributed by atoms with Crippen molar-refractivity contribution in [1.82, 2.24) is 0 Å². The molecule has 0 radical (unpaired) electrons. The first kappa shape index (κ1) is 15.2. The molecule has 0 amide bonds. The molecule has 0 aliphatic rings. The predicted octanol–water partition coefficient (Wildman–Crippen LogP) is 1.10. The molecule has 0 spiro atoms. The molecule has 0 aliphatic carbocycles. The molecule has 106 valence electrons. The summed E-state index contributed by atoms with van der Waals surface area (Å²) in [6.45, 7) is 1.82. The van der Waals surface area contributed by atoms with Crippen molar-refractivity contribution >= 4 is 27.4 Å². The Balaban J connectivity index is 2.64. The van der Waals surface area contributed by atoms with E-state index in [4.69, 9.17) is 5.73 Å². The van der Waals surface area contributed by atoms with Gasteiger partial charge in [0, 0.05) is 6.07 Å². The number of anilines is 2. The van der Waals surface area contributed by atoms with Crippen molar-refractivity contribution < 1.29 is 22.3 Å². The van der Waals surface area contributed by atoms with Crippen molar-refractivity contribution in [3.63, 3.8) is 0 Å². The van der Waals surface area contributed by atoms with Gasteiger partial charge in [-0.15, -0.1) is 0 Å². The Morgan fingerprint density at radius 2 is 2.16 bits per heavy atom. The van der Waals surface area contributed by atoms with Gasteiger partial charge >= 0.3 is 5.97 Å². The number of hydrogen-bond acceptors (Lipinski definition) is 5. The second-order valence-electron chi connectivity index (χ2n) is 3.71. The van der Waals surface area contributed by atoms with E-state index in [1.807, 2.05) is 0 Å². The maximum atomic E-state index is 13.1. The third-order valence-corrected chi connectivity index (χ3v) is 3.44. The quantitative estimate of drug-likeness (QED) is 0.604. The average Bonchev–Trinajstić information content (AvgIpc) is 2.32. The lowest BCUT2D eigenvalue weighted by Gasteiger charge is -2.08. The van der Waals surface area contributed by atoms with E-state index >= 15 is 0 Å². The third-order valence-electron chi connectivity index (χ3n) is 2.15. The van der Waals surface area contributed by atoms with Crippen LogP contribution in [0.25, 0.3) is 0 Å². The number of sulfonamides is 1. The van der Waals surface area contributed by atoms with E-state index < -0.39 is 27.6 Å². The van der Waals surface area contributed by atoms with Crippen LogP contribution < -0.4 is 10.5 Å². The number of carbonyl (C=O) groups excluding carboxylic acids is 1. The Hall–Kier alpha value is -1.83. The van der Waals surface area contributed by atoms with Crippen LogP contribution in [0.5, 0.6) is 0 Å². The number of rotatable bonds is 6. The molecule has 1 aromatic carbocycles. The van der Waals surface area contributed by atoms with E-state index in [9.17, 15) is 17.6 Å². The van der Waals surface area contributed by atoms with Gasteiger partial charge in [-0.05, 0) is 19.1 Å². The van der Waals surface area contributed by atoms with Crippen LogP contribution in [0.15, 0.2) is 18.2 Å². The molecule has 0 bridgehead atoms. The number of esters is 1. The zero-order chi connectivity index (χ0) is 14.5. The van der Waals surface area contributed by atoms with Gasteiger partial charge in [0.15, 0.2) is 0 Å². The SMILES string of the molecule is CCOC(=O)CCS(=O)(=O)Nc1ccc(N)c(F)c1. The molecule has 0 saturated heterocycles. The highest BCUT2D eigenvalue weighted by Gasteiger charge is 2.14. The summed E-state index contributed by atoms with van der Waals surface area (Å²) >= 11 is 0. The maximum Gasteiger partial charge on any atom is 0.306 e.